The molecule has 0 unspecified atom stereocenters. The van der Waals surface area contributed by atoms with Gasteiger partial charge < -0.3 is 15.2 Å². The minimum absolute atomic E-state index is 0.103. The van der Waals surface area contributed by atoms with Crippen LogP contribution in [-0.4, -0.2) is 27.1 Å². The van der Waals surface area contributed by atoms with Crippen molar-refractivity contribution in [2.75, 3.05) is 0 Å². The SMILES string of the molecule is Cc1nccnc1[C@H](CC(=O)O)NC(=O)OCc1ccccc1. The first-order valence-electron chi connectivity index (χ1n) is 7.02. The zero-order valence-electron chi connectivity index (χ0n) is 12.6. The maximum atomic E-state index is 11.9. The monoisotopic (exact) mass is 315 g/mol. The van der Waals surface area contributed by atoms with Gasteiger partial charge in [-0.2, -0.15) is 0 Å². The Bertz CT molecular complexity index is 676. The van der Waals surface area contributed by atoms with Gasteiger partial charge in [0.05, 0.1) is 23.9 Å². The molecule has 2 aromatic rings. The molecule has 0 saturated carbocycles. The molecule has 1 heterocycles. The smallest absolute Gasteiger partial charge is 0.408 e. The number of nitrogens with one attached hydrogen (secondary N) is 1. The van der Waals surface area contributed by atoms with Gasteiger partial charge in [-0.25, -0.2) is 4.79 Å². The predicted octanol–water partition coefficient (Wildman–Crippen LogP) is 2.23. The molecule has 1 atom stereocenters. The van der Waals surface area contributed by atoms with Gasteiger partial charge in [0, 0.05) is 12.4 Å². The number of amides is 1. The van der Waals surface area contributed by atoms with Crippen LogP contribution in [0.25, 0.3) is 0 Å². The summed E-state index contributed by atoms with van der Waals surface area (Å²) in [5.74, 6) is -1.05. The molecule has 7 heteroatoms. The van der Waals surface area contributed by atoms with Gasteiger partial charge in [0.25, 0.3) is 0 Å². The van der Waals surface area contributed by atoms with E-state index in [1.165, 1.54) is 12.4 Å². The average Bonchev–Trinajstić information content (AvgIpc) is 2.53. The minimum atomic E-state index is -1.05. The van der Waals surface area contributed by atoms with Gasteiger partial charge >= 0.3 is 12.1 Å². The number of carboxylic acid groups (broad SMARTS) is 1. The summed E-state index contributed by atoms with van der Waals surface area (Å²) in [6.07, 6.45) is 1.95. The molecule has 0 aliphatic carbocycles. The zero-order chi connectivity index (χ0) is 16.7. The number of aromatic nitrogens is 2. The summed E-state index contributed by atoms with van der Waals surface area (Å²) < 4.78 is 5.11. The normalized spacial score (nSPS) is 11.5. The Kier molecular flexibility index (Phi) is 5.62. The molecule has 0 aliphatic rings. The summed E-state index contributed by atoms with van der Waals surface area (Å²) in [5.41, 5.74) is 1.81. The second-order valence-corrected chi connectivity index (χ2v) is 4.88. The van der Waals surface area contributed by atoms with Gasteiger partial charge in [0.1, 0.15) is 6.61 Å². The Morgan fingerprint density at radius 1 is 1.22 bits per heavy atom. The van der Waals surface area contributed by atoms with Crippen molar-refractivity contribution in [3.8, 4) is 0 Å². The third kappa shape index (κ3) is 5.06. The molecule has 2 N–H and O–H groups in total. The fourth-order valence-electron chi connectivity index (χ4n) is 2.06. The van der Waals surface area contributed by atoms with Gasteiger partial charge in [0.2, 0.25) is 0 Å². The predicted molar refractivity (Wildman–Crippen MR) is 81.5 cm³/mol. The van der Waals surface area contributed by atoms with Gasteiger partial charge in [-0.15, -0.1) is 0 Å². The van der Waals surface area contributed by atoms with Gasteiger partial charge in [0.15, 0.2) is 0 Å². The second-order valence-electron chi connectivity index (χ2n) is 4.88. The molecular formula is C16H17N3O4. The summed E-state index contributed by atoms with van der Waals surface area (Å²) in [5, 5.41) is 11.5. The van der Waals surface area contributed by atoms with Crippen molar-refractivity contribution in [3.63, 3.8) is 0 Å². The number of rotatable bonds is 6. The van der Waals surface area contributed by atoms with Crippen LogP contribution in [-0.2, 0) is 16.1 Å². The van der Waals surface area contributed by atoms with E-state index in [-0.39, 0.29) is 13.0 Å². The lowest BCUT2D eigenvalue weighted by molar-refractivity contribution is -0.137. The van der Waals surface area contributed by atoms with Crippen LogP contribution in [0.4, 0.5) is 4.79 Å². The quantitative estimate of drug-likeness (QED) is 0.847. The maximum Gasteiger partial charge on any atom is 0.408 e. The van der Waals surface area contributed by atoms with Crippen molar-refractivity contribution in [2.45, 2.75) is 26.0 Å². The van der Waals surface area contributed by atoms with Crippen LogP contribution in [0.15, 0.2) is 42.7 Å². The molecule has 120 valence electrons. The Hall–Kier alpha value is -2.96. The molecule has 0 radical (unpaired) electrons. The number of alkyl carbamates (subject to hydrolysis) is 1. The Labute approximate surface area is 133 Å². The van der Waals surface area contributed by atoms with E-state index >= 15 is 0 Å². The highest BCUT2D eigenvalue weighted by Crippen LogP contribution is 2.17. The molecule has 1 aromatic carbocycles. The van der Waals surface area contributed by atoms with Gasteiger partial charge in [-0.1, -0.05) is 30.3 Å². The number of aliphatic carboxylic acids is 1. The average molecular weight is 315 g/mol. The topological polar surface area (TPSA) is 101 Å². The maximum absolute atomic E-state index is 11.9. The van der Waals surface area contributed by atoms with E-state index in [1.807, 2.05) is 30.3 Å². The first-order valence-corrected chi connectivity index (χ1v) is 7.02. The van der Waals surface area contributed by atoms with Crippen molar-refractivity contribution in [3.05, 3.63) is 59.7 Å². The first kappa shape index (κ1) is 16.4. The number of hydrogen-bond donors (Lipinski definition) is 2. The van der Waals surface area contributed by atoms with E-state index in [4.69, 9.17) is 9.84 Å². The molecule has 1 aromatic heterocycles. The van der Waals surface area contributed by atoms with Crippen LogP contribution >= 0.6 is 0 Å². The molecule has 7 nitrogen and oxygen atoms in total. The number of hydrogen-bond acceptors (Lipinski definition) is 5. The number of carbonyl (C=O) groups is 2. The highest BCUT2D eigenvalue weighted by Gasteiger charge is 2.22. The Morgan fingerprint density at radius 3 is 2.57 bits per heavy atom. The van der Waals surface area contributed by atoms with Crippen LogP contribution in [0.5, 0.6) is 0 Å². The van der Waals surface area contributed by atoms with Crippen LogP contribution in [0.1, 0.15) is 29.4 Å². The standard InChI is InChI=1S/C16H17N3O4/c1-11-15(18-8-7-17-11)13(9-14(20)21)19-16(22)23-10-12-5-3-2-4-6-12/h2-8,13H,9-10H2,1H3,(H,19,22)(H,20,21)/t13-/m0/s1. The van der Waals surface area contributed by atoms with Crippen molar-refractivity contribution in [1.29, 1.82) is 0 Å². The number of carbonyl (C=O) groups excluding carboxylic acids is 1. The summed E-state index contributed by atoms with van der Waals surface area (Å²) in [6, 6.07) is 8.40. The fourth-order valence-corrected chi connectivity index (χ4v) is 2.06. The van der Waals surface area contributed by atoms with Crippen molar-refractivity contribution in [1.82, 2.24) is 15.3 Å². The lowest BCUT2D eigenvalue weighted by atomic mass is 10.1. The number of benzene rings is 1. The highest BCUT2D eigenvalue weighted by atomic mass is 16.5. The summed E-state index contributed by atoms with van der Waals surface area (Å²) >= 11 is 0. The van der Waals surface area contributed by atoms with E-state index < -0.39 is 18.1 Å². The van der Waals surface area contributed by atoms with Crippen molar-refractivity contribution >= 4 is 12.1 Å². The molecule has 0 saturated heterocycles. The van der Waals surface area contributed by atoms with E-state index in [1.54, 1.807) is 6.92 Å². The number of nitrogens with zero attached hydrogens (tertiary/aromatic N) is 2. The van der Waals surface area contributed by atoms with Gasteiger partial charge in [-0.05, 0) is 12.5 Å². The van der Waals surface area contributed by atoms with Crippen molar-refractivity contribution < 1.29 is 19.4 Å². The zero-order valence-corrected chi connectivity index (χ0v) is 12.6. The van der Waals surface area contributed by atoms with Crippen LogP contribution in [0.3, 0.4) is 0 Å². The molecule has 0 spiro atoms. The van der Waals surface area contributed by atoms with Crippen molar-refractivity contribution in [2.24, 2.45) is 0 Å². The largest absolute Gasteiger partial charge is 0.481 e. The highest BCUT2D eigenvalue weighted by molar-refractivity contribution is 5.71. The lowest BCUT2D eigenvalue weighted by Crippen LogP contribution is -2.31. The van der Waals surface area contributed by atoms with E-state index in [2.05, 4.69) is 15.3 Å². The molecule has 2 rings (SSSR count). The minimum Gasteiger partial charge on any atom is -0.481 e. The van der Waals surface area contributed by atoms with Gasteiger partial charge in [-0.3, -0.25) is 14.8 Å². The second kappa shape index (κ2) is 7.88. The van der Waals surface area contributed by atoms with E-state index in [0.717, 1.165) is 5.56 Å². The molecule has 0 fully saturated rings. The fraction of sp³-hybridized carbons (Fsp3) is 0.250. The van der Waals surface area contributed by atoms with Crippen LogP contribution in [0, 0.1) is 6.92 Å². The number of aryl methyl sites for hydroxylation is 1. The third-order valence-electron chi connectivity index (χ3n) is 3.13. The van der Waals surface area contributed by atoms with Crippen LogP contribution < -0.4 is 5.32 Å². The Morgan fingerprint density at radius 2 is 1.91 bits per heavy atom. The first-order chi connectivity index (χ1) is 11.1. The number of carboxylic acids is 1. The van der Waals surface area contributed by atoms with E-state index in [0.29, 0.717) is 11.4 Å². The molecule has 1 amide bonds. The lowest BCUT2D eigenvalue weighted by Gasteiger charge is -2.17. The summed E-state index contributed by atoms with van der Waals surface area (Å²) in [7, 11) is 0. The molecule has 0 bridgehead atoms. The summed E-state index contributed by atoms with van der Waals surface area (Å²) in [4.78, 5) is 31.1. The number of ether oxygens (including phenoxy) is 1. The van der Waals surface area contributed by atoms with E-state index in [9.17, 15) is 9.59 Å². The van der Waals surface area contributed by atoms with Crippen LogP contribution in [0.2, 0.25) is 0 Å². The molecular weight excluding hydrogens is 298 g/mol. The molecule has 23 heavy (non-hydrogen) atoms. The molecule has 0 aliphatic heterocycles. The third-order valence-corrected chi connectivity index (χ3v) is 3.13. The summed E-state index contributed by atoms with van der Waals surface area (Å²) in [6.45, 7) is 1.81. The Balaban J connectivity index is 2.01.